The number of rotatable bonds is 8. The maximum absolute atomic E-state index is 15.8. The number of likely N-dealkylation sites (tertiary alicyclic amines) is 1. The van der Waals surface area contributed by atoms with Crippen molar-refractivity contribution in [3.05, 3.63) is 53.0 Å². The standard InChI is InChI=1S/C29H39F3N4O7S.BH4.Na/c1-17-12-13-19(15-33-25(37)42-27(2,3)4)34-24(17)41-21-11-9-10-18(22(21)30)14-20-23(35-44(8,39)40)29(31,32)16-36(20)26(38)43-28(5,6)7;;/h9-13,20,23,35H,14-16H2,1-8H3,(H,33,37);1H4;/q;-1;+1/t20-,23+;;/m0../s1. The number of carbonyl (C=O) groups is 2. The van der Waals surface area contributed by atoms with Crippen LogP contribution in [0.1, 0.15) is 58.4 Å². The van der Waals surface area contributed by atoms with Gasteiger partial charge >= 0.3 is 41.7 Å². The first kappa shape index (κ1) is 41.5. The van der Waals surface area contributed by atoms with E-state index in [1.807, 2.05) is 4.72 Å². The molecule has 2 aromatic rings. The van der Waals surface area contributed by atoms with Crippen LogP contribution >= 0.6 is 0 Å². The van der Waals surface area contributed by atoms with Crippen LogP contribution in [0.25, 0.3) is 0 Å². The van der Waals surface area contributed by atoms with Crippen LogP contribution in [-0.4, -0.2) is 80.9 Å². The first-order valence-electron chi connectivity index (χ1n) is 13.8. The molecule has 0 saturated carbocycles. The Balaban J connectivity index is 0.00000529. The molecule has 2 heterocycles. The average molecular weight is 683 g/mol. The monoisotopic (exact) mass is 682 g/mol. The molecular formula is C29H43BF3N4NaO7S. The van der Waals surface area contributed by atoms with Gasteiger partial charge in [-0.05, 0) is 72.6 Å². The van der Waals surface area contributed by atoms with E-state index in [-0.39, 0.29) is 61.7 Å². The molecule has 1 fully saturated rings. The van der Waals surface area contributed by atoms with E-state index < -0.39 is 70.2 Å². The molecule has 1 aromatic heterocycles. The Morgan fingerprint density at radius 2 is 1.67 bits per heavy atom. The van der Waals surface area contributed by atoms with Crippen molar-refractivity contribution in [1.82, 2.24) is 19.9 Å². The first-order chi connectivity index (χ1) is 20.0. The van der Waals surface area contributed by atoms with Gasteiger partial charge in [0, 0.05) is 5.56 Å². The van der Waals surface area contributed by atoms with Gasteiger partial charge in [-0.15, -0.1) is 0 Å². The molecule has 1 aliphatic rings. The van der Waals surface area contributed by atoms with Crippen molar-refractivity contribution in [2.45, 2.75) is 90.6 Å². The van der Waals surface area contributed by atoms with E-state index in [0.29, 0.717) is 16.2 Å². The van der Waals surface area contributed by atoms with E-state index in [4.69, 9.17) is 14.2 Å². The van der Waals surface area contributed by atoms with Crippen LogP contribution in [0.2, 0.25) is 0 Å². The Morgan fingerprint density at radius 1 is 1.07 bits per heavy atom. The zero-order chi connectivity index (χ0) is 33.3. The van der Waals surface area contributed by atoms with Gasteiger partial charge in [0.05, 0.1) is 31.1 Å². The summed E-state index contributed by atoms with van der Waals surface area (Å²) in [6, 6.07) is 3.83. The Morgan fingerprint density at radius 3 is 2.24 bits per heavy atom. The van der Waals surface area contributed by atoms with Crippen molar-refractivity contribution in [3.63, 3.8) is 0 Å². The SMILES string of the molecule is Cc1ccc(CNC(=O)OC(C)(C)C)nc1Oc1cccc(C[C@H]2[C@@H](NS(C)(=O)=O)C(F)(F)CN2C(=O)OC(C)(C)C)c1F.[BH4-].[Na+]. The number of halogens is 3. The molecule has 2 N–H and O–H groups in total. The van der Waals surface area contributed by atoms with Gasteiger partial charge in [0.25, 0.3) is 5.92 Å². The van der Waals surface area contributed by atoms with Gasteiger partial charge in [0.1, 0.15) is 17.2 Å². The normalized spacial score (nSPS) is 17.8. The molecule has 11 nitrogen and oxygen atoms in total. The molecule has 0 unspecified atom stereocenters. The van der Waals surface area contributed by atoms with Crippen LogP contribution in [0, 0.1) is 12.7 Å². The van der Waals surface area contributed by atoms with Gasteiger partial charge in [0.2, 0.25) is 15.9 Å². The molecule has 1 saturated heterocycles. The second kappa shape index (κ2) is 15.6. The second-order valence-corrected chi connectivity index (χ2v) is 14.4. The summed E-state index contributed by atoms with van der Waals surface area (Å²) < 4.78 is 88.3. The number of hydrogen-bond donors (Lipinski definition) is 2. The minimum atomic E-state index is -4.14. The molecule has 3 rings (SSSR count). The molecule has 2 amide bonds. The minimum Gasteiger partial charge on any atom is -0.444 e. The predicted octanol–water partition coefficient (Wildman–Crippen LogP) is 0.613. The summed E-state index contributed by atoms with van der Waals surface area (Å²) in [7, 11) is -4.14. The average Bonchev–Trinajstić information content (AvgIpc) is 3.08. The smallest absolute Gasteiger partial charge is 0.444 e. The maximum Gasteiger partial charge on any atom is 1.00 e. The van der Waals surface area contributed by atoms with Crippen LogP contribution in [0.4, 0.5) is 22.8 Å². The summed E-state index contributed by atoms with van der Waals surface area (Å²) in [6.07, 6.45) is -1.51. The molecule has 0 radical (unpaired) electrons. The predicted molar refractivity (Wildman–Crippen MR) is 167 cm³/mol. The number of aromatic nitrogens is 1. The third-order valence-electron chi connectivity index (χ3n) is 6.19. The zero-order valence-electron chi connectivity index (χ0n) is 27.0. The maximum atomic E-state index is 15.8. The van der Waals surface area contributed by atoms with Crippen LogP contribution < -0.4 is 44.3 Å². The summed E-state index contributed by atoms with van der Waals surface area (Å²) in [5.74, 6) is -4.84. The first-order valence-corrected chi connectivity index (χ1v) is 15.7. The summed E-state index contributed by atoms with van der Waals surface area (Å²) >= 11 is 0. The second-order valence-electron chi connectivity index (χ2n) is 12.6. The Labute approximate surface area is 292 Å². The van der Waals surface area contributed by atoms with Gasteiger partial charge in [-0.25, -0.2) is 40.9 Å². The van der Waals surface area contributed by atoms with Gasteiger partial charge in [-0.2, -0.15) is 0 Å². The number of hydrogen-bond acceptors (Lipinski definition) is 8. The molecule has 0 spiro atoms. The summed E-state index contributed by atoms with van der Waals surface area (Å²) in [6.45, 7) is 10.4. The molecule has 1 aliphatic heterocycles. The zero-order valence-corrected chi connectivity index (χ0v) is 29.8. The van der Waals surface area contributed by atoms with Crippen molar-refractivity contribution >= 4 is 30.6 Å². The minimum absolute atomic E-state index is 0. The van der Waals surface area contributed by atoms with E-state index in [2.05, 4.69) is 10.3 Å². The molecule has 0 aliphatic carbocycles. The number of ether oxygens (including phenoxy) is 3. The van der Waals surface area contributed by atoms with Crippen LogP contribution in [0.15, 0.2) is 30.3 Å². The number of aryl methyl sites for hydroxylation is 1. The number of alkyl carbamates (subject to hydrolysis) is 1. The summed E-state index contributed by atoms with van der Waals surface area (Å²) in [5, 5.41) is 2.58. The van der Waals surface area contributed by atoms with Crippen molar-refractivity contribution < 1.29 is 74.9 Å². The third kappa shape index (κ3) is 11.9. The molecule has 17 heteroatoms. The Kier molecular flexibility index (Phi) is 14.1. The van der Waals surface area contributed by atoms with Crippen molar-refractivity contribution in [3.8, 4) is 11.6 Å². The van der Waals surface area contributed by atoms with Gasteiger partial charge in [-0.3, -0.25) is 4.90 Å². The van der Waals surface area contributed by atoms with E-state index >= 15 is 13.2 Å². The van der Waals surface area contributed by atoms with Gasteiger partial charge in [-0.1, -0.05) is 26.6 Å². The number of alkyl halides is 2. The fourth-order valence-corrected chi connectivity index (χ4v) is 5.19. The number of nitrogens with one attached hydrogen (secondary N) is 2. The van der Waals surface area contributed by atoms with Crippen LogP contribution in [0.3, 0.4) is 0 Å². The van der Waals surface area contributed by atoms with E-state index in [9.17, 15) is 18.0 Å². The van der Waals surface area contributed by atoms with Crippen molar-refractivity contribution in [1.29, 1.82) is 0 Å². The number of carbonyl (C=O) groups excluding carboxylic acids is 2. The van der Waals surface area contributed by atoms with Crippen molar-refractivity contribution in [2.24, 2.45) is 0 Å². The molecule has 2 atom stereocenters. The van der Waals surface area contributed by atoms with Crippen LogP contribution in [-0.2, 0) is 32.5 Å². The van der Waals surface area contributed by atoms with Crippen molar-refractivity contribution in [2.75, 3.05) is 12.8 Å². The fourth-order valence-electron chi connectivity index (χ4n) is 4.40. The van der Waals surface area contributed by atoms with E-state index in [1.165, 1.54) is 18.2 Å². The number of nitrogens with zero attached hydrogens (tertiary/aromatic N) is 2. The number of amides is 2. The molecule has 0 bridgehead atoms. The Hall–Kier alpha value is -2.53. The number of pyridine rings is 1. The molecule has 46 heavy (non-hydrogen) atoms. The number of benzene rings is 1. The summed E-state index contributed by atoms with van der Waals surface area (Å²) in [5.41, 5.74) is -0.899. The summed E-state index contributed by atoms with van der Waals surface area (Å²) in [4.78, 5) is 30.0. The quantitative estimate of drug-likeness (QED) is 0.387. The molecule has 1 aromatic carbocycles. The molecular weight excluding hydrogens is 639 g/mol. The van der Waals surface area contributed by atoms with Gasteiger partial charge < -0.3 is 19.5 Å². The largest absolute Gasteiger partial charge is 1.00 e. The topological polar surface area (TPSA) is 136 Å². The van der Waals surface area contributed by atoms with Crippen LogP contribution in [0.5, 0.6) is 11.6 Å². The fraction of sp³-hybridized carbons (Fsp3) is 0.552. The third-order valence-corrected chi connectivity index (χ3v) is 6.87. The molecule has 252 valence electrons. The van der Waals surface area contributed by atoms with E-state index in [1.54, 1.807) is 60.6 Å². The number of sulfonamides is 1. The van der Waals surface area contributed by atoms with Gasteiger partial charge in [0.15, 0.2) is 11.6 Å². The van der Waals surface area contributed by atoms with E-state index in [0.717, 1.165) is 6.26 Å². The Bertz CT molecular complexity index is 1500.